The van der Waals surface area contributed by atoms with Crippen molar-refractivity contribution in [3.8, 4) is 5.75 Å². The molecule has 3 aliphatic rings. The molecule has 1 heterocycles. The van der Waals surface area contributed by atoms with Crippen LogP contribution in [0.25, 0.3) is 0 Å². The number of hydrogen-bond donors (Lipinski definition) is 1. The van der Waals surface area contributed by atoms with Gasteiger partial charge in [0.25, 0.3) is 5.91 Å². The van der Waals surface area contributed by atoms with E-state index in [9.17, 15) is 4.79 Å². The van der Waals surface area contributed by atoms with Gasteiger partial charge in [0, 0.05) is 18.6 Å². The first-order valence-corrected chi connectivity index (χ1v) is 10.4. The number of amides is 1. The first-order valence-electron chi connectivity index (χ1n) is 10.4. The van der Waals surface area contributed by atoms with Crippen LogP contribution in [0.15, 0.2) is 23.2 Å². The van der Waals surface area contributed by atoms with Crippen molar-refractivity contribution in [3.05, 3.63) is 29.3 Å². The normalized spacial score (nSPS) is 31.8. The summed E-state index contributed by atoms with van der Waals surface area (Å²) in [6.07, 6.45) is 4.78. The third-order valence-electron chi connectivity index (χ3n) is 6.88. The van der Waals surface area contributed by atoms with Gasteiger partial charge >= 0.3 is 0 Å². The van der Waals surface area contributed by atoms with Crippen molar-refractivity contribution in [1.82, 2.24) is 4.90 Å². The Hall–Kier alpha value is -2.08. The number of methoxy groups -OCH3 is 1. The molecule has 6 nitrogen and oxygen atoms in total. The van der Waals surface area contributed by atoms with Crippen LogP contribution in [0.1, 0.15) is 57.6 Å². The summed E-state index contributed by atoms with van der Waals surface area (Å²) in [6.45, 7) is 6.53. The molecule has 4 rings (SSSR count). The summed E-state index contributed by atoms with van der Waals surface area (Å²) in [5.41, 5.74) is 7.30. The lowest BCUT2D eigenvalue weighted by molar-refractivity contribution is -0.139. The van der Waals surface area contributed by atoms with E-state index in [1.807, 2.05) is 32.9 Å². The maximum Gasteiger partial charge on any atom is 0.262 e. The minimum absolute atomic E-state index is 0.0169. The molecule has 1 amide bonds. The minimum atomic E-state index is -0.942. The van der Waals surface area contributed by atoms with Crippen molar-refractivity contribution in [2.45, 2.75) is 70.6 Å². The molecule has 1 saturated carbocycles. The lowest BCUT2D eigenvalue weighted by Gasteiger charge is -2.45. The summed E-state index contributed by atoms with van der Waals surface area (Å²) < 4.78 is 11.4. The highest BCUT2D eigenvalue weighted by molar-refractivity contribution is 6.08. The Morgan fingerprint density at radius 2 is 2.04 bits per heavy atom. The van der Waals surface area contributed by atoms with E-state index in [2.05, 4.69) is 6.07 Å². The van der Waals surface area contributed by atoms with Crippen molar-refractivity contribution < 1.29 is 14.3 Å². The topological polar surface area (TPSA) is 77.2 Å². The van der Waals surface area contributed by atoms with Crippen molar-refractivity contribution in [3.63, 3.8) is 0 Å². The van der Waals surface area contributed by atoms with Crippen molar-refractivity contribution in [2.24, 2.45) is 16.1 Å². The number of hydrogen-bond acceptors (Lipinski definition) is 5. The molecule has 1 fully saturated rings. The Labute approximate surface area is 167 Å². The third kappa shape index (κ3) is 2.50. The maximum atomic E-state index is 13.9. The number of guanidine groups is 1. The van der Waals surface area contributed by atoms with E-state index < -0.39 is 5.54 Å². The molecule has 0 radical (unpaired) electrons. The Morgan fingerprint density at radius 3 is 2.61 bits per heavy atom. The third-order valence-corrected chi connectivity index (χ3v) is 6.88. The number of aliphatic imine (C=N–C) groups is 1. The van der Waals surface area contributed by atoms with Gasteiger partial charge in [0.1, 0.15) is 5.75 Å². The second-order valence-electron chi connectivity index (χ2n) is 8.59. The number of carbonyl (C=O) groups excluding carboxylic acids is 1. The SMILES string of the molecule is CCOc1ccc2c(c1)C1(N=C(N)N(C(C)C)C1=O)C1(CCC(OC)CC1)C2. The smallest absolute Gasteiger partial charge is 0.262 e. The van der Waals surface area contributed by atoms with Gasteiger partial charge < -0.3 is 15.2 Å². The number of carbonyl (C=O) groups is 1. The molecule has 1 aromatic carbocycles. The largest absolute Gasteiger partial charge is 0.494 e. The lowest BCUT2D eigenvalue weighted by atomic mass is 9.61. The van der Waals surface area contributed by atoms with E-state index in [1.165, 1.54) is 5.56 Å². The minimum Gasteiger partial charge on any atom is -0.494 e. The van der Waals surface area contributed by atoms with E-state index >= 15 is 0 Å². The lowest BCUT2D eigenvalue weighted by Crippen LogP contribution is -2.53. The first-order chi connectivity index (χ1) is 13.4. The molecule has 6 heteroatoms. The number of rotatable bonds is 4. The molecule has 1 aliphatic heterocycles. The number of nitrogens with zero attached hydrogens (tertiary/aromatic N) is 2. The van der Waals surface area contributed by atoms with Crippen LogP contribution in [0.3, 0.4) is 0 Å². The Kier molecular flexibility index (Phi) is 4.65. The van der Waals surface area contributed by atoms with Crippen LogP contribution in [-0.4, -0.2) is 42.6 Å². The van der Waals surface area contributed by atoms with Gasteiger partial charge in [-0.15, -0.1) is 0 Å². The van der Waals surface area contributed by atoms with Crippen LogP contribution < -0.4 is 10.5 Å². The molecular weight excluding hydrogens is 354 g/mol. The summed E-state index contributed by atoms with van der Waals surface area (Å²) in [5, 5.41) is 0. The molecule has 2 spiro atoms. The molecule has 1 aromatic rings. The number of fused-ring (bicyclic) bond motifs is 3. The van der Waals surface area contributed by atoms with Crippen LogP contribution in [0.2, 0.25) is 0 Å². The van der Waals surface area contributed by atoms with Crippen LogP contribution in [0.5, 0.6) is 5.75 Å². The summed E-state index contributed by atoms with van der Waals surface area (Å²) in [5.74, 6) is 1.14. The van der Waals surface area contributed by atoms with Gasteiger partial charge in [0.2, 0.25) is 0 Å². The van der Waals surface area contributed by atoms with Gasteiger partial charge in [-0.05, 0) is 76.1 Å². The van der Waals surface area contributed by atoms with Crippen molar-refractivity contribution in [2.75, 3.05) is 13.7 Å². The van der Waals surface area contributed by atoms with Crippen LogP contribution in [0, 0.1) is 5.41 Å². The van der Waals surface area contributed by atoms with Gasteiger partial charge in [0.05, 0.1) is 12.7 Å². The fourth-order valence-corrected chi connectivity index (χ4v) is 5.57. The average Bonchev–Trinajstić information content (AvgIpc) is 3.09. The standard InChI is InChI=1S/C22H31N3O3/c1-5-28-17-7-6-15-13-21(10-8-16(27-4)9-11-21)22(18(15)12-17)19(26)25(14(2)3)20(23)24-22/h6-7,12,14,16H,5,8-11,13H2,1-4H3,(H2,23,24). The second kappa shape index (κ2) is 6.76. The van der Waals surface area contributed by atoms with Crippen molar-refractivity contribution >= 4 is 11.9 Å². The highest BCUT2D eigenvalue weighted by atomic mass is 16.5. The van der Waals surface area contributed by atoms with Gasteiger partial charge in [-0.3, -0.25) is 9.69 Å². The molecule has 0 aromatic heterocycles. The van der Waals surface area contributed by atoms with E-state index in [-0.39, 0.29) is 23.5 Å². The second-order valence-corrected chi connectivity index (χ2v) is 8.59. The highest BCUT2D eigenvalue weighted by Gasteiger charge is 2.66. The first kappa shape index (κ1) is 19.2. The fourth-order valence-electron chi connectivity index (χ4n) is 5.57. The molecule has 1 unspecified atom stereocenters. The Balaban J connectivity index is 1.87. The van der Waals surface area contributed by atoms with Gasteiger partial charge in [0.15, 0.2) is 11.5 Å². The summed E-state index contributed by atoms with van der Waals surface area (Å²) in [6, 6.07) is 6.11. The van der Waals surface area contributed by atoms with Gasteiger partial charge in [-0.1, -0.05) is 6.07 Å². The predicted molar refractivity (Wildman–Crippen MR) is 108 cm³/mol. The Morgan fingerprint density at radius 1 is 1.32 bits per heavy atom. The highest BCUT2D eigenvalue weighted by Crippen LogP contribution is 2.62. The van der Waals surface area contributed by atoms with E-state index in [4.69, 9.17) is 20.2 Å². The predicted octanol–water partition coefficient (Wildman–Crippen LogP) is 2.98. The molecule has 2 N–H and O–H groups in total. The van der Waals surface area contributed by atoms with E-state index in [0.29, 0.717) is 12.6 Å². The molecule has 2 aliphatic carbocycles. The zero-order valence-corrected chi connectivity index (χ0v) is 17.3. The molecular formula is C22H31N3O3. The zero-order chi connectivity index (χ0) is 20.1. The zero-order valence-electron chi connectivity index (χ0n) is 17.3. The summed E-state index contributed by atoms with van der Waals surface area (Å²) in [4.78, 5) is 20.5. The number of ether oxygens (including phenoxy) is 2. The summed E-state index contributed by atoms with van der Waals surface area (Å²) >= 11 is 0. The fraction of sp³-hybridized carbons (Fsp3) is 0.636. The van der Waals surface area contributed by atoms with Gasteiger partial charge in [-0.2, -0.15) is 0 Å². The Bertz CT molecular complexity index is 811. The maximum absolute atomic E-state index is 13.9. The van der Waals surface area contributed by atoms with Crippen LogP contribution in [0.4, 0.5) is 0 Å². The number of nitrogens with two attached hydrogens (primary N) is 1. The monoisotopic (exact) mass is 385 g/mol. The molecule has 0 saturated heterocycles. The summed E-state index contributed by atoms with van der Waals surface area (Å²) in [7, 11) is 1.77. The molecule has 0 bridgehead atoms. The molecule has 152 valence electrons. The van der Waals surface area contributed by atoms with E-state index in [0.717, 1.165) is 43.4 Å². The van der Waals surface area contributed by atoms with Crippen LogP contribution >= 0.6 is 0 Å². The molecule has 28 heavy (non-hydrogen) atoms. The van der Waals surface area contributed by atoms with Gasteiger partial charge in [-0.25, -0.2) is 4.99 Å². The van der Waals surface area contributed by atoms with Crippen molar-refractivity contribution in [1.29, 1.82) is 0 Å². The molecule has 1 atom stereocenters. The number of benzene rings is 1. The van der Waals surface area contributed by atoms with E-state index in [1.54, 1.807) is 12.0 Å². The van der Waals surface area contributed by atoms with Crippen LogP contribution in [-0.2, 0) is 21.5 Å². The quantitative estimate of drug-likeness (QED) is 0.864. The average molecular weight is 386 g/mol.